The van der Waals surface area contributed by atoms with E-state index in [2.05, 4.69) is 0 Å². The van der Waals surface area contributed by atoms with Gasteiger partial charge in [0.1, 0.15) is 5.41 Å². The van der Waals surface area contributed by atoms with Crippen LogP contribution in [0.3, 0.4) is 0 Å². The number of carboxylic acids is 1. The molecular formula is C19H20O3S. The SMILES string of the molecule is CC(=O)SCCCC(C(=O)O)(c1ccccc1)c1ccccc1. The quantitative estimate of drug-likeness (QED) is 0.777. The van der Waals surface area contributed by atoms with E-state index in [0.29, 0.717) is 18.6 Å². The molecule has 0 saturated carbocycles. The number of aliphatic carboxylic acids is 1. The second kappa shape index (κ2) is 7.97. The molecule has 0 unspecified atom stereocenters. The van der Waals surface area contributed by atoms with Gasteiger partial charge in [0.2, 0.25) is 0 Å². The molecule has 0 atom stereocenters. The lowest BCUT2D eigenvalue weighted by atomic mass is 9.71. The van der Waals surface area contributed by atoms with Gasteiger partial charge in [-0.05, 0) is 24.0 Å². The van der Waals surface area contributed by atoms with Crippen molar-refractivity contribution in [2.45, 2.75) is 25.2 Å². The van der Waals surface area contributed by atoms with Crippen LogP contribution in [0.5, 0.6) is 0 Å². The Kier molecular flexibility index (Phi) is 5.99. The van der Waals surface area contributed by atoms with Gasteiger partial charge in [0.05, 0.1) is 0 Å². The van der Waals surface area contributed by atoms with Crippen LogP contribution in [0.2, 0.25) is 0 Å². The van der Waals surface area contributed by atoms with Crippen LogP contribution in [0.15, 0.2) is 60.7 Å². The van der Waals surface area contributed by atoms with Crippen LogP contribution in [0, 0.1) is 0 Å². The number of hydrogen-bond donors (Lipinski definition) is 1. The molecule has 0 saturated heterocycles. The number of carbonyl (C=O) groups excluding carboxylic acids is 1. The standard InChI is InChI=1S/C19H20O3S/c1-15(20)23-14-8-13-19(18(21)22,16-9-4-2-5-10-16)17-11-6-3-7-12-17/h2-7,9-12H,8,13-14H2,1H3,(H,21,22). The molecule has 0 amide bonds. The van der Waals surface area contributed by atoms with Crippen LogP contribution in [0.1, 0.15) is 30.9 Å². The first-order chi connectivity index (χ1) is 11.1. The second-order valence-electron chi connectivity index (χ2n) is 5.39. The summed E-state index contributed by atoms with van der Waals surface area (Å²) in [5.41, 5.74) is 0.456. The molecule has 2 aromatic rings. The normalized spacial score (nSPS) is 11.2. The number of benzene rings is 2. The number of thioether (sulfide) groups is 1. The zero-order chi connectivity index (χ0) is 16.7. The van der Waals surface area contributed by atoms with Gasteiger partial charge in [-0.15, -0.1) is 0 Å². The minimum Gasteiger partial charge on any atom is -0.480 e. The largest absolute Gasteiger partial charge is 0.480 e. The van der Waals surface area contributed by atoms with Gasteiger partial charge in [-0.3, -0.25) is 9.59 Å². The van der Waals surface area contributed by atoms with Crippen molar-refractivity contribution >= 4 is 22.8 Å². The predicted octanol–water partition coefficient (Wildman–Crippen LogP) is 4.12. The molecule has 23 heavy (non-hydrogen) atoms. The summed E-state index contributed by atoms with van der Waals surface area (Å²) in [4.78, 5) is 23.4. The average molecular weight is 328 g/mol. The highest BCUT2D eigenvalue weighted by atomic mass is 32.2. The lowest BCUT2D eigenvalue weighted by Crippen LogP contribution is -2.37. The Morgan fingerprint density at radius 1 is 0.957 bits per heavy atom. The van der Waals surface area contributed by atoms with Gasteiger partial charge in [-0.25, -0.2) is 0 Å². The van der Waals surface area contributed by atoms with E-state index in [1.165, 1.54) is 18.7 Å². The Hall–Kier alpha value is -2.07. The monoisotopic (exact) mass is 328 g/mol. The summed E-state index contributed by atoms with van der Waals surface area (Å²) in [5.74, 6) is -0.230. The summed E-state index contributed by atoms with van der Waals surface area (Å²) < 4.78 is 0. The molecule has 3 nitrogen and oxygen atoms in total. The molecule has 120 valence electrons. The Morgan fingerprint density at radius 2 is 1.43 bits per heavy atom. The lowest BCUT2D eigenvalue weighted by Gasteiger charge is -2.30. The van der Waals surface area contributed by atoms with Gasteiger partial charge >= 0.3 is 5.97 Å². The fourth-order valence-electron chi connectivity index (χ4n) is 2.81. The highest BCUT2D eigenvalue weighted by molar-refractivity contribution is 8.13. The number of rotatable bonds is 7. The fraction of sp³-hybridized carbons (Fsp3) is 0.263. The van der Waals surface area contributed by atoms with Gasteiger partial charge in [0.15, 0.2) is 5.12 Å². The van der Waals surface area contributed by atoms with E-state index in [1.54, 1.807) is 0 Å². The van der Waals surface area contributed by atoms with E-state index in [0.717, 1.165) is 11.1 Å². The van der Waals surface area contributed by atoms with Crippen molar-refractivity contribution in [1.82, 2.24) is 0 Å². The smallest absolute Gasteiger partial charge is 0.318 e. The van der Waals surface area contributed by atoms with Crippen molar-refractivity contribution in [3.63, 3.8) is 0 Å². The van der Waals surface area contributed by atoms with Crippen LogP contribution >= 0.6 is 11.8 Å². The topological polar surface area (TPSA) is 54.4 Å². The molecule has 0 radical (unpaired) electrons. The van der Waals surface area contributed by atoms with E-state index >= 15 is 0 Å². The van der Waals surface area contributed by atoms with Gasteiger partial charge < -0.3 is 5.11 Å². The van der Waals surface area contributed by atoms with Crippen LogP contribution in [0.4, 0.5) is 0 Å². The number of hydrogen-bond acceptors (Lipinski definition) is 3. The predicted molar refractivity (Wildman–Crippen MR) is 93.7 cm³/mol. The van der Waals surface area contributed by atoms with Crippen molar-refractivity contribution in [2.24, 2.45) is 0 Å². The van der Waals surface area contributed by atoms with Crippen LogP contribution in [-0.2, 0) is 15.0 Å². The summed E-state index contributed by atoms with van der Waals surface area (Å²) in [6, 6.07) is 18.7. The molecule has 1 N–H and O–H groups in total. The first-order valence-corrected chi connectivity index (χ1v) is 8.54. The Balaban J connectivity index is 2.40. The minimum atomic E-state index is -1.08. The summed E-state index contributed by atoms with van der Waals surface area (Å²) in [7, 11) is 0. The fourth-order valence-corrected chi connectivity index (χ4v) is 3.38. The lowest BCUT2D eigenvalue weighted by molar-refractivity contribution is -0.142. The van der Waals surface area contributed by atoms with E-state index in [4.69, 9.17) is 0 Å². The third-order valence-corrected chi connectivity index (χ3v) is 4.80. The first kappa shape index (κ1) is 17.3. The van der Waals surface area contributed by atoms with E-state index in [1.807, 2.05) is 60.7 Å². The summed E-state index contributed by atoms with van der Waals surface area (Å²) >= 11 is 1.24. The molecule has 0 aromatic heterocycles. The molecule has 0 aliphatic carbocycles. The van der Waals surface area contributed by atoms with Gasteiger partial charge in [-0.2, -0.15) is 0 Å². The van der Waals surface area contributed by atoms with Crippen LogP contribution in [0.25, 0.3) is 0 Å². The van der Waals surface area contributed by atoms with E-state index < -0.39 is 11.4 Å². The Morgan fingerprint density at radius 3 is 1.83 bits per heavy atom. The zero-order valence-electron chi connectivity index (χ0n) is 13.1. The maximum absolute atomic E-state index is 12.3. The molecule has 0 bridgehead atoms. The van der Waals surface area contributed by atoms with Gasteiger partial charge in [0, 0.05) is 12.7 Å². The molecule has 2 aromatic carbocycles. The maximum Gasteiger partial charge on any atom is 0.318 e. The zero-order valence-corrected chi connectivity index (χ0v) is 13.9. The maximum atomic E-state index is 12.3. The molecule has 2 rings (SSSR count). The van der Waals surface area contributed by atoms with Crippen LogP contribution in [-0.4, -0.2) is 21.9 Å². The Bertz CT molecular complexity index is 613. The van der Waals surface area contributed by atoms with Crippen molar-refractivity contribution < 1.29 is 14.7 Å². The average Bonchev–Trinajstić information content (AvgIpc) is 2.56. The Labute approximate surface area is 140 Å². The highest BCUT2D eigenvalue weighted by Gasteiger charge is 2.41. The third kappa shape index (κ3) is 4.02. The van der Waals surface area contributed by atoms with Crippen LogP contribution < -0.4 is 0 Å². The summed E-state index contributed by atoms with van der Waals surface area (Å²) in [6.07, 6.45) is 1.11. The van der Waals surface area contributed by atoms with Crippen molar-refractivity contribution in [2.75, 3.05) is 5.75 Å². The molecule has 0 heterocycles. The van der Waals surface area contributed by atoms with Gasteiger partial charge in [0.25, 0.3) is 0 Å². The number of carboxylic acid groups (broad SMARTS) is 1. The molecule has 0 aliphatic rings. The molecular weight excluding hydrogens is 308 g/mol. The van der Waals surface area contributed by atoms with Crippen molar-refractivity contribution in [1.29, 1.82) is 0 Å². The summed E-state index contributed by atoms with van der Waals surface area (Å²) in [5, 5.41) is 10.1. The molecule has 0 aliphatic heterocycles. The number of carbonyl (C=O) groups is 2. The molecule has 4 heteroatoms. The van der Waals surface area contributed by atoms with E-state index in [9.17, 15) is 14.7 Å². The van der Waals surface area contributed by atoms with Gasteiger partial charge in [-0.1, -0.05) is 72.4 Å². The molecule has 0 fully saturated rings. The van der Waals surface area contributed by atoms with Crippen molar-refractivity contribution in [3.8, 4) is 0 Å². The summed E-state index contributed by atoms with van der Waals surface area (Å²) in [6.45, 7) is 1.53. The second-order valence-corrected chi connectivity index (χ2v) is 6.66. The first-order valence-electron chi connectivity index (χ1n) is 7.55. The molecule has 0 spiro atoms. The highest BCUT2D eigenvalue weighted by Crippen LogP contribution is 2.37. The van der Waals surface area contributed by atoms with E-state index in [-0.39, 0.29) is 5.12 Å². The third-order valence-electron chi connectivity index (χ3n) is 3.90. The minimum absolute atomic E-state index is 0.0605. The van der Waals surface area contributed by atoms with Crippen molar-refractivity contribution in [3.05, 3.63) is 71.8 Å².